The zero-order valence-corrected chi connectivity index (χ0v) is 8.83. The van der Waals surface area contributed by atoms with Crippen molar-refractivity contribution in [3.63, 3.8) is 0 Å². The predicted octanol–water partition coefficient (Wildman–Crippen LogP) is 1.55. The van der Waals surface area contributed by atoms with Crippen LogP contribution >= 0.6 is 11.6 Å². The van der Waals surface area contributed by atoms with Crippen LogP contribution in [0.2, 0.25) is 0 Å². The van der Waals surface area contributed by atoms with E-state index in [0.717, 1.165) is 31.5 Å². The molecule has 1 heterocycles. The lowest BCUT2D eigenvalue weighted by Crippen LogP contribution is -2.01. The van der Waals surface area contributed by atoms with Crippen LogP contribution in [0.4, 0.5) is 0 Å². The zero-order chi connectivity index (χ0) is 9.68. The molecule has 0 fully saturated rings. The Hall–Kier alpha value is -0.640. The van der Waals surface area contributed by atoms with Crippen molar-refractivity contribution in [1.82, 2.24) is 20.2 Å². The molecular weight excluding hydrogens is 188 g/mol. The summed E-state index contributed by atoms with van der Waals surface area (Å²) < 4.78 is 0. The molecule has 13 heavy (non-hydrogen) atoms. The van der Waals surface area contributed by atoms with E-state index in [-0.39, 0.29) is 5.38 Å². The number of halogens is 1. The highest BCUT2D eigenvalue weighted by molar-refractivity contribution is 6.20. The van der Waals surface area contributed by atoms with Gasteiger partial charge in [-0.15, -0.1) is 21.8 Å². The number of hydrogen-bond donors (Lipinski definition) is 0. The second-order valence-corrected chi connectivity index (χ2v) is 3.74. The number of tetrazole rings is 1. The zero-order valence-electron chi connectivity index (χ0n) is 8.07. The summed E-state index contributed by atoms with van der Waals surface area (Å²) in [6.45, 7) is 2.13. The molecular formula is C8H15ClN4. The molecule has 0 saturated carbocycles. The highest BCUT2D eigenvalue weighted by Gasteiger charge is 2.06. The molecule has 4 nitrogen and oxygen atoms in total. The Bertz CT molecular complexity index is 248. The maximum atomic E-state index is 6.05. The third kappa shape index (κ3) is 3.72. The van der Waals surface area contributed by atoms with Gasteiger partial charge in [-0.2, -0.15) is 4.80 Å². The Morgan fingerprint density at radius 2 is 2.23 bits per heavy atom. The molecule has 0 aromatic carbocycles. The largest absolute Gasteiger partial charge is 0.174 e. The fourth-order valence-electron chi connectivity index (χ4n) is 1.17. The molecule has 1 aromatic heterocycles. The van der Waals surface area contributed by atoms with Crippen LogP contribution in [-0.4, -0.2) is 25.6 Å². The third-order valence-corrected chi connectivity index (χ3v) is 2.27. The molecule has 1 rings (SSSR count). The van der Waals surface area contributed by atoms with Crippen molar-refractivity contribution in [3.05, 3.63) is 5.82 Å². The number of aromatic nitrogens is 4. The van der Waals surface area contributed by atoms with Crippen LogP contribution in [0.15, 0.2) is 0 Å². The maximum Gasteiger partial charge on any atom is 0.174 e. The van der Waals surface area contributed by atoms with Gasteiger partial charge in [-0.25, -0.2) is 0 Å². The lowest BCUT2D eigenvalue weighted by atomic mass is 10.1. The number of nitrogens with zero attached hydrogens (tertiary/aromatic N) is 4. The second kappa shape index (κ2) is 5.17. The molecule has 0 aliphatic carbocycles. The van der Waals surface area contributed by atoms with E-state index in [4.69, 9.17) is 11.6 Å². The lowest BCUT2D eigenvalue weighted by Gasteiger charge is -2.04. The number of alkyl halides is 1. The SMILES string of the molecule is CCCC(Cl)CCc1nnn(C)n1. The molecule has 0 radical (unpaired) electrons. The average molecular weight is 203 g/mol. The first-order valence-corrected chi connectivity index (χ1v) is 5.03. The first-order valence-electron chi connectivity index (χ1n) is 4.59. The molecule has 0 bridgehead atoms. The fourth-order valence-corrected chi connectivity index (χ4v) is 1.49. The highest BCUT2D eigenvalue weighted by Crippen LogP contribution is 2.11. The van der Waals surface area contributed by atoms with Crippen molar-refractivity contribution in [3.8, 4) is 0 Å². The summed E-state index contributed by atoms with van der Waals surface area (Å²) in [5.74, 6) is 0.782. The summed E-state index contributed by atoms with van der Waals surface area (Å²) in [4.78, 5) is 1.47. The van der Waals surface area contributed by atoms with Crippen LogP contribution < -0.4 is 0 Å². The summed E-state index contributed by atoms with van der Waals surface area (Å²) >= 11 is 6.05. The van der Waals surface area contributed by atoms with E-state index in [0.29, 0.717) is 0 Å². The van der Waals surface area contributed by atoms with E-state index >= 15 is 0 Å². The van der Waals surface area contributed by atoms with Gasteiger partial charge < -0.3 is 0 Å². The molecule has 0 amide bonds. The monoisotopic (exact) mass is 202 g/mol. The van der Waals surface area contributed by atoms with Gasteiger partial charge in [0.15, 0.2) is 5.82 Å². The Morgan fingerprint density at radius 3 is 2.77 bits per heavy atom. The fraction of sp³-hybridized carbons (Fsp3) is 0.875. The first-order chi connectivity index (χ1) is 6.22. The molecule has 74 valence electrons. The van der Waals surface area contributed by atoms with Gasteiger partial charge in [0.05, 0.1) is 7.05 Å². The summed E-state index contributed by atoms with van der Waals surface area (Å²) in [7, 11) is 1.76. The Kier molecular flexibility index (Phi) is 4.15. The molecule has 0 aliphatic heterocycles. The van der Waals surface area contributed by atoms with E-state index in [1.54, 1.807) is 7.05 Å². The van der Waals surface area contributed by atoms with Gasteiger partial charge in [-0.1, -0.05) is 13.3 Å². The van der Waals surface area contributed by atoms with Gasteiger partial charge in [0, 0.05) is 11.8 Å². The normalized spacial score (nSPS) is 13.2. The van der Waals surface area contributed by atoms with E-state index in [1.807, 2.05) is 0 Å². The lowest BCUT2D eigenvalue weighted by molar-refractivity contribution is 0.622. The second-order valence-electron chi connectivity index (χ2n) is 3.12. The Morgan fingerprint density at radius 1 is 1.46 bits per heavy atom. The van der Waals surface area contributed by atoms with E-state index in [1.165, 1.54) is 4.80 Å². The van der Waals surface area contributed by atoms with E-state index in [9.17, 15) is 0 Å². The molecule has 0 saturated heterocycles. The smallest absolute Gasteiger partial charge is 0.167 e. The van der Waals surface area contributed by atoms with Crippen molar-refractivity contribution in [1.29, 1.82) is 0 Å². The van der Waals surface area contributed by atoms with Crippen molar-refractivity contribution < 1.29 is 0 Å². The molecule has 0 N–H and O–H groups in total. The average Bonchev–Trinajstić information content (AvgIpc) is 2.49. The minimum atomic E-state index is 0.244. The van der Waals surface area contributed by atoms with Crippen LogP contribution in [0.5, 0.6) is 0 Å². The molecule has 1 unspecified atom stereocenters. The standard InChI is InChI=1S/C8H15ClN4/c1-3-4-7(9)5-6-8-10-12-13(2)11-8/h7H,3-6H2,1-2H3. The van der Waals surface area contributed by atoms with Gasteiger partial charge >= 0.3 is 0 Å². The minimum Gasteiger partial charge on any atom is -0.167 e. The van der Waals surface area contributed by atoms with Crippen molar-refractivity contribution >= 4 is 11.6 Å². The van der Waals surface area contributed by atoms with Crippen LogP contribution in [0.3, 0.4) is 0 Å². The summed E-state index contributed by atoms with van der Waals surface area (Å²) in [5, 5.41) is 12.0. The van der Waals surface area contributed by atoms with Crippen molar-refractivity contribution in [2.45, 2.75) is 38.0 Å². The van der Waals surface area contributed by atoms with E-state index in [2.05, 4.69) is 22.3 Å². The minimum absolute atomic E-state index is 0.244. The quantitative estimate of drug-likeness (QED) is 0.681. The van der Waals surface area contributed by atoms with Crippen LogP contribution in [0.1, 0.15) is 32.0 Å². The third-order valence-electron chi connectivity index (χ3n) is 1.83. The van der Waals surface area contributed by atoms with Crippen molar-refractivity contribution in [2.24, 2.45) is 7.05 Å². The molecule has 0 aliphatic rings. The van der Waals surface area contributed by atoms with Gasteiger partial charge in [-0.05, 0) is 18.1 Å². The molecule has 1 atom stereocenters. The number of aryl methyl sites for hydroxylation is 2. The highest BCUT2D eigenvalue weighted by atomic mass is 35.5. The summed E-state index contributed by atoms with van der Waals surface area (Å²) in [5.41, 5.74) is 0. The Balaban J connectivity index is 2.26. The van der Waals surface area contributed by atoms with Crippen molar-refractivity contribution in [2.75, 3.05) is 0 Å². The molecule has 0 spiro atoms. The molecule has 1 aromatic rings. The maximum absolute atomic E-state index is 6.05. The van der Waals surface area contributed by atoms with Gasteiger partial charge in [0.25, 0.3) is 0 Å². The van der Waals surface area contributed by atoms with Gasteiger partial charge in [0.2, 0.25) is 0 Å². The van der Waals surface area contributed by atoms with Crippen LogP contribution in [0, 0.1) is 0 Å². The first kappa shape index (κ1) is 10.4. The predicted molar refractivity (Wildman–Crippen MR) is 51.7 cm³/mol. The van der Waals surface area contributed by atoms with Gasteiger partial charge in [0.1, 0.15) is 0 Å². The molecule has 5 heteroatoms. The van der Waals surface area contributed by atoms with Crippen LogP contribution in [-0.2, 0) is 13.5 Å². The number of hydrogen-bond acceptors (Lipinski definition) is 3. The summed E-state index contributed by atoms with van der Waals surface area (Å²) in [6.07, 6.45) is 3.94. The summed E-state index contributed by atoms with van der Waals surface area (Å²) in [6, 6.07) is 0. The Labute approximate surface area is 83.3 Å². The van der Waals surface area contributed by atoms with Crippen LogP contribution in [0.25, 0.3) is 0 Å². The van der Waals surface area contributed by atoms with Gasteiger partial charge in [-0.3, -0.25) is 0 Å². The number of rotatable bonds is 5. The topological polar surface area (TPSA) is 43.6 Å². The van der Waals surface area contributed by atoms with E-state index < -0.39 is 0 Å².